The fourth-order valence-corrected chi connectivity index (χ4v) is 1.05. The fraction of sp³-hybridized carbons (Fsp3) is 0.625. The number of ketones is 1. The van der Waals surface area contributed by atoms with Crippen molar-refractivity contribution in [1.29, 1.82) is 0 Å². The highest BCUT2D eigenvalue weighted by Gasteiger charge is 2.12. The molecule has 0 spiro atoms. The third kappa shape index (κ3) is 2.64. The zero-order valence-corrected chi connectivity index (χ0v) is 6.79. The number of nitrogens with one attached hydrogen (secondary N) is 1. The summed E-state index contributed by atoms with van der Waals surface area (Å²) in [6.07, 6.45) is 2.07. The standard InChI is InChI=1S/C8H13NO3/c10-5-8(12)4-9-6-1-2-7(11)3-6/h3,8-10,12H,1-2,4-5H2. The highest BCUT2D eigenvalue weighted by Crippen LogP contribution is 2.11. The van der Waals surface area contributed by atoms with Gasteiger partial charge in [-0.25, -0.2) is 0 Å². The zero-order chi connectivity index (χ0) is 8.97. The third-order valence-electron chi connectivity index (χ3n) is 1.75. The van der Waals surface area contributed by atoms with Gasteiger partial charge < -0.3 is 15.5 Å². The lowest BCUT2D eigenvalue weighted by molar-refractivity contribution is -0.114. The van der Waals surface area contributed by atoms with Crippen molar-refractivity contribution in [2.24, 2.45) is 0 Å². The van der Waals surface area contributed by atoms with E-state index in [1.807, 2.05) is 0 Å². The lowest BCUT2D eigenvalue weighted by Gasteiger charge is -2.09. The molecule has 0 radical (unpaired) electrons. The number of hydrogen-bond acceptors (Lipinski definition) is 4. The van der Waals surface area contributed by atoms with Crippen LogP contribution in [0, 0.1) is 0 Å². The summed E-state index contributed by atoms with van der Waals surface area (Å²) in [7, 11) is 0. The molecule has 0 aromatic heterocycles. The Morgan fingerprint density at radius 3 is 2.83 bits per heavy atom. The molecule has 68 valence electrons. The highest BCUT2D eigenvalue weighted by atomic mass is 16.3. The van der Waals surface area contributed by atoms with Gasteiger partial charge in [0.25, 0.3) is 0 Å². The Morgan fingerprint density at radius 1 is 1.58 bits per heavy atom. The first-order chi connectivity index (χ1) is 5.72. The minimum Gasteiger partial charge on any atom is -0.394 e. The van der Waals surface area contributed by atoms with Gasteiger partial charge in [-0.05, 0) is 6.42 Å². The van der Waals surface area contributed by atoms with E-state index in [0.717, 1.165) is 12.1 Å². The molecule has 0 saturated carbocycles. The summed E-state index contributed by atoms with van der Waals surface area (Å²) in [5.74, 6) is 0.121. The largest absolute Gasteiger partial charge is 0.394 e. The summed E-state index contributed by atoms with van der Waals surface area (Å²) in [6, 6.07) is 0. The molecule has 0 bridgehead atoms. The second kappa shape index (κ2) is 4.23. The van der Waals surface area contributed by atoms with Gasteiger partial charge in [-0.1, -0.05) is 0 Å². The molecule has 0 heterocycles. The predicted molar refractivity (Wildman–Crippen MR) is 43.4 cm³/mol. The molecule has 0 saturated heterocycles. The average Bonchev–Trinajstić information content (AvgIpc) is 2.47. The van der Waals surface area contributed by atoms with Crippen molar-refractivity contribution < 1.29 is 15.0 Å². The van der Waals surface area contributed by atoms with E-state index in [-0.39, 0.29) is 12.4 Å². The van der Waals surface area contributed by atoms with Crippen LogP contribution in [-0.2, 0) is 4.79 Å². The van der Waals surface area contributed by atoms with Crippen LogP contribution in [0.25, 0.3) is 0 Å². The van der Waals surface area contributed by atoms with Gasteiger partial charge in [0, 0.05) is 24.7 Å². The lowest BCUT2D eigenvalue weighted by atomic mass is 10.3. The first kappa shape index (κ1) is 9.22. The van der Waals surface area contributed by atoms with Crippen molar-refractivity contribution >= 4 is 5.78 Å². The molecule has 1 unspecified atom stereocenters. The van der Waals surface area contributed by atoms with Crippen LogP contribution in [-0.4, -0.2) is 35.3 Å². The Balaban J connectivity index is 2.24. The third-order valence-corrected chi connectivity index (χ3v) is 1.75. The number of carbonyl (C=O) groups is 1. The number of allylic oxidation sites excluding steroid dienone is 2. The Morgan fingerprint density at radius 2 is 2.33 bits per heavy atom. The van der Waals surface area contributed by atoms with E-state index in [1.165, 1.54) is 0 Å². The quantitative estimate of drug-likeness (QED) is 0.516. The maximum atomic E-state index is 10.7. The number of hydrogen-bond donors (Lipinski definition) is 3. The summed E-state index contributed by atoms with van der Waals surface area (Å²) in [4.78, 5) is 10.7. The second-order valence-corrected chi connectivity index (χ2v) is 2.85. The van der Waals surface area contributed by atoms with E-state index in [9.17, 15) is 4.79 Å². The smallest absolute Gasteiger partial charge is 0.157 e. The van der Waals surface area contributed by atoms with Gasteiger partial charge in [0.05, 0.1) is 12.7 Å². The van der Waals surface area contributed by atoms with E-state index in [0.29, 0.717) is 13.0 Å². The van der Waals surface area contributed by atoms with E-state index >= 15 is 0 Å². The monoisotopic (exact) mass is 171 g/mol. The van der Waals surface area contributed by atoms with Crippen molar-refractivity contribution in [1.82, 2.24) is 5.32 Å². The van der Waals surface area contributed by atoms with Crippen LogP contribution in [0.4, 0.5) is 0 Å². The Hall–Kier alpha value is -0.870. The lowest BCUT2D eigenvalue weighted by Crippen LogP contribution is -2.28. The molecule has 0 aromatic carbocycles. The molecule has 12 heavy (non-hydrogen) atoms. The predicted octanol–water partition coefficient (Wildman–Crippen LogP) is -0.824. The maximum Gasteiger partial charge on any atom is 0.157 e. The fourth-order valence-electron chi connectivity index (χ4n) is 1.05. The molecular formula is C8H13NO3. The molecule has 0 fully saturated rings. The van der Waals surface area contributed by atoms with Crippen molar-refractivity contribution in [2.45, 2.75) is 18.9 Å². The summed E-state index contributed by atoms with van der Waals surface area (Å²) in [5.41, 5.74) is 0.854. The van der Waals surface area contributed by atoms with Crippen molar-refractivity contribution in [2.75, 3.05) is 13.2 Å². The Labute approximate surface area is 70.9 Å². The van der Waals surface area contributed by atoms with E-state index in [4.69, 9.17) is 10.2 Å². The summed E-state index contributed by atoms with van der Waals surface area (Å²) in [5, 5.41) is 20.3. The Bertz CT molecular complexity index is 200. The topological polar surface area (TPSA) is 69.6 Å². The van der Waals surface area contributed by atoms with Crippen LogP contribution in [0.3, 0.4) is 0 Å². The molecule has 1 aliphatic rings. The molecule has 0 amide bonds. The first-order valence-corrected chi connectivity index (χ1v) is 3.98. The van der Waals surface area contributed by atoms with Crippen LogP contribution in [0.1, 0.15) is 12.8 Å². The van der Waals surface area contributed by atoms with Gasteiger partial charge in [-0.3, -0.25) is 4.79 Å². The summed E-state index contributed by atoms with van der Waals surface area (Å²) in [6.45, 7) is 0.0455. The summed E-state index contributed by atoms with van der Waals surface area (Å²) < 4.78 is 0. The number of aliphatic hydroxyl groups excluding tert-OH is 2. The molecule has 4 nitrogen and oxygen atoms in total. The van der Waals surface area contributed by atoms with E-state index in [2.05, 4.69) is 5.32 Å². The van der Waals surface area contributed by atoms with Crippen LogP contribution in [0.15, 0.2) is 11.8 Å². The summed E-state index contributed by atoms with van der Waals surface area (Å²) >= 11 is 0. The molecular weight excluding hydrogens is 158 g/mol. The van der Waals surface area contributed by atoms with Gasteiger partial charge in [-0.15, -0.1) is 0 Å². The van der Waals surface area contributed by atoms with Gasteiger partial charge in [0.2, 0.25) is 0 Å². The van der Waals surface area contributed by atoms with Crippen LogP contribution in [0.2, 0.25) is 0 Å². The Kier molecular flexibility index (Phi) is 3.25. The second-order valence-electron chi connectivity index (χ2n) is 2.85. The molecule has 1 aliphatic carbocycles. The van der Waals surface area contributed by atoms with Gasteiger partial charge in [-0.2, -0.15) is 0 Å². The molecule has 1 atom stereocenters. The maximum absolute atomic E-state index is 10.7. The van der Waals surface area contributed by atoms with E-state index in [1.54, 1.807) is 6.08 Å². The number of carbonyl (C=O) groups excluding carboxylic acids is 1. The molecule has 3 N–H and O–H groups in total. The SMILES string of the molecule is O=C1C=C(NCC(O)CO)CC1. The minimum atomic E-state index is -0.749. The van der Waals surface area contributed by atoms with Crippen molar-refractivity contribution in [3.63, 3.8) is 0 Å². The normalized spacial score (nSPS) is 19.2. The van der Waals surface area contributed by atoms with Crippen LogP contribution < -0.4 is 5.32 Å². The first-order valence-electron chi connectivity index (χ1n) is 3.98. The van der Waals surface area contributed by atoms with Crippen molar-refractivity contribution in [3.8, 4) is 0 Å². The molecule has 0 aromatic rings. The number of aliphatic hydroxyl groups is 2. The van der Waals surface area contributed by atoms with E-state index < -0.39 is 6.10 Å². The molecule has 0 aliphatic heterocycles. The van der Waals surface area contributed by atoms with Gasteiger partial charge in [0.15, 0.2) is 5.78 Å². The van der Waals surface area contributed by atoms with Crippen LogP contribution >= 0.6 is 0 Å². The van der Waals surface area contributed by atoms with Crippen molar-refractivity contribution in [3.05, 3.63) is 11.8 Å². The minimum absolute atomic E-state index is 0.121. The molecule has 1 rings (SSSR count). The van der Waals surface area contributed by atoms with Crippen LogP contribution in [0.5, 0.6) is 0 Å². The van der Waals surface area contributed by atoms with Gasteiger partial charge in [0.1, 0.15) is 0 Å². The average molecular weight is 171 g/mol. The van der Waals surface area contributed by atoms with Gasteiger partial charge >= 0.3 is 0 Å². The zero-order valence-electron chi connectivity index (χ0n) is 6.79. The molecule has 4 heteroatoms. The number of rotatable bonds is 4. The highest BCUT2D eigenvalue weighted by molar-refractivity contribution is 5.92.